The number of allylic oxidation sites excluding steroid dienone is 1. The molecule has 0 aliphatic carbocycles. The molecule has 0 bridgehead atoms. The quantitative estimate of drug-likeness (QED) is 0.604. The van der Waals surface area contributed by atoms with E-state index in [1.54, 1.807) is 19.1 Å². The topological polar surface area (TPSA) is 160 Å². The van der Waals surface area contributed by atoms with Gasteiger partial charge < -0.3 is 39.5 Å². The van der Waals surface area contributed by atoms with E-state index >= 15 is 0 Å². The van der Waals surface area contributed by atoms with Gasteiger partial charge >= 0.3 is 11.7 Å². The van der Waals surface area contributed by atoms with Crippen molar-refractivity contribution in [2.45, 2.75) is 32.3 Å². The van der Waals surface area contributed by atoms with Crippen molar-refractivity contribution in [2.75, 3.05) is 12.4 Å². The number of nitrogens with two attached hydrogens (primary N) is 1. The van der Waals surface area contributed by atoms with Gasteiger partial charge in [-0.25, -0.2) is 9.59 Å². The van der Waals surface area contributed by atoms with Crippen molar-refractivity contribution in [1.82, 2.24) is 0 Å². The van der Waals surface area contributed by atoms with Gasteiger partial charge in [0.2, 0.25) is 5.91 Å². The van der Waals surface area contributed by atoms with Crippen LogP contribution in [0.5, 0.6) is 5.75 Å². The third kappa shape index (κ3) is 4.30. The first-order valence-electron chi connectivity index (χ1n) is 8.77. The van der Waals surface area contributed by atoms with Gasteiger partial charge in [0, 0.05) is 18.4 Å². The molecule has 3 rings (SSSR count). The highest BCUT2D eigenvalue weighted by molar-refractivity contribution is 5.91. The van der Waals surface area contributed by atoms with Gasteiger partial charge in [0.15, 0.2) is 18.0 Å². The summed E-state index contributed by atoms with van der Waals surface area (Å²) in [6.07, 6.45) is -5.06. The number of ether oxygens (including phenoxy) is 4. The van der Waals surface area contributed by atoms with E-state index in [0.29, 0.717) is 5.39 Å². The summed E-state index contributed by atoms with van der Waals surface area (Å²) in [6, 6.07) is 6.02. The van der Waals surface area contributed by atoms with Crippen LogP contribution in [0.3, 0.4) is 0 Å². The number of aliphatic hydroxyl groups excluding tert-OH is 1. The van der Waals surface area contributed by atoms with Crippen LogP contribution in [0, 0.1) is 0 Å². The molecule has 0 fully saturated rings. The predicted octanol–water partition coefficient (Wildman–Crippen LogP) is 1.19. The molecule has 2 amide bonds. The normalized spacial score (nSPS) is 21.0. The first-order chi connectivity index (χ1) is 14.2. The molecular formula is C19H20N2O9. The van der Waals surface area contributed by atoms with Crippen LogP contribution in [0.2, 0.25) is 0 Å². The van der Waals surface area contributed by atoms with E-state index < -0.39 is 36.1 Å². The first-order valence-corrected chi connectivity index (χ1v) is 8.77. The van der Waals surface area contributed by atoms with Crippen molar-refractivity contribution >= 4 is 28.7 Å². The lowest BCUT2D eigenvalue weighted by Gasteiger charge is -2.35. The minimum Gasteiger partial charge on any atom is -0.494 e. The molecule has 11 nitrogen and oxygen atoms in total. The molecule has 1 aliphatic heterocycles. The average molecular weight is 420 g/mol. The van der Waals surface area contributed by atoms with Crippen molar-refractivity contribution < 1.29 is 38.1 Å². The van der Waals surface area contributed by atoms with Gasteiger partial charge in [0.05, 0.1) is 7.11 Å². The molecule has 1 unspecified atom stereocenters. The largest absolute Gasteiger partial charge is 0.494 e. The SMILES string of the molecule is COC1=C(C)OC(Oc2ccc3cc(NC(C)=O)c(=O)oc3c2)[C@@H](O)[C@H]1OC(N)=O. The molecule has 2 heterocycles. The van der Waals surface area contributed by atoms with E-state index in [2.05, 4.69) is 5.32 Å². The van der Waals surface area contributed by atoms with Crippen LogP contribution in [-0.4, -0.2) is 42.7 Å². The van der Waals surface area contributed by atoms with Crippen molar-refractivity contribution in [2.24, 2.45) is 5.73 Å². The number of primary amides is 1. The fraction of sp³-hybridized carbons (Fsp3) is 0.316. The van der Waals surface area contributed by atoms with Gasteiger partial charge in [-0.05, 0) is 25.1 Å². The highest BCUT2D eigenvalue weighted by Crippen LogP contribution is 2.30. The molecule has 1 aromatic heterocycles. The van der Waals surface area contributed by atoms with Crippen LogP contribution in [0.4, 0.5) is 10.5 Å². The number of nitrogens with one attached hydrogen (secondary N) is 1. The number of hydrogen-bond donors (Lipinski definition) is 3. The molecule has 2 aromatic rings. The fourth-order valence-electron chi connectivity index (χ4n) is 2.98. The zero-order chi connectivity index (χ0) is 22.0. The number of rotatable bonds is 5. The molecular weight excluding hydrogens is 400 g/mol. The molecule has 0 saturated heterocycles. The first kappa shape index (κ1) is 21.0. The lowest BCUT2D eigenvalue weighted by atomic mass is 10.1. The number of hydrogen-bond acceptors (Lipinski definition) is 9. The van der Waals surface area contributed by atoms with Crippen LogP contribution in [0.1, 0.15) is 13.8 Å². The summed E-state index contributed by atoms with van der Waals surface area (Å²) in [5.41, 5.74) is 4.53. The van der Waals surface area contributed by atoms with E-state index in [4.69, 9.17) is 29.1 Å². The smallest absolute Gasteiger partial charge is 0.405 e. The number of benzene rings is 1. The number of carbonyl (C=O) groups is 2. The van der Waals surface area contributed by atoms with Crippen LogP contribution < -0.4 is 21.4 Å². The number of methoxy groups -OCH3 is 1. The highest BCUT2D eigenvalue weighted by Gasteiger charge is 2.43. The Hall–Kier alpha value is -3.73. The third-order valence-electron chi connectivity index (χ3n) is 4.22. The number of carbonyl (C=O) groups excluding carboxylic acids is 2. The molecule has 0 spiro atoms. The van der Waals surface area contributed by atoms with Crippen molar-refractivity contribution in [1.29, 1.82) is 0 Å². The Labute approximate surface area is 169 Å². The van der Waals surface area contributed by atoms with Crippen molar-refractivity contribution in [3.63, 3.8) is 0 Å². The Morgan fingerprint density at radius 1 is 1.27 bits per heavy atom. The standard InChI is InChI=1S/C19H20N2O9/c1-8-15(26-3)16(30-19(20)25)14(23)18(27-8)28-11-5-4-10-6-12(21-9(2)22)17(24)29-13(10)7-11/h4-7,14,16,18,23H,1-3H3,(H2,20,25)(H,21,22)/t14-,16+,18?/m0/s1. The molecule has 11 heteroatoms. The molecule has 4 N–H and O–H groups in total. The van der Waals surface area contributed by atoms with Crippen LogP contribution in [0.25, 0.3) is 11.0 Å². The summed E-state index contributed by atoms with van der Waals surface area (Å²) in [4.78, 5) is 34.4. The Morgan fingerprint density at radius 3 is 2.63 bits per heavy atom. The monoisotopic (exact) mass is 420 g/mol. The van der Waals surface area contributed by atoms with E-state index in [9.17, 15) is 19.5 Å². The maximum Gasteiger partial charge on any atom is 0.405 e. The van der Waals surface area contributed by atoms with Crippen molar-refractivity contribution in [3.05, 3.63) is 46.2 Å². The Bertz CT molecular complexity index is 1080. The van der Waals surface area contributed by atoms with Gasteiger partial charge in [-0.15, -0.1) is 0 Å². The Morgan fingerprint density at radius 2 is 2.00 bits per heavy atom. The minimum atomic E-state index is -1.46. The van der Waals surface area contributed by atoms with Crippen LogP contribution in [-0.2, 0) is 19.0 Å². The second-order valence-corrected chi connectivity index (χ2v) is 6.41. The Kier molecular flexibility index (Phi) is 5.83. The van der Waals surface area contributed by atoms with E-state index in [-0.39, 0.29) is 28.5 Å². The van der Waals surface area contributed by atoms with E-state index in [0.717, 1.165) is 0 Å². The van der Waals surface area contributed by atoms with E-state index in [1.807, 2.05) is 0 Å². The summed E-state index contributed by atoms with van der Waals surface area (Å²) in [5.74, 6) is 0.118. The van der Waals surface area contributed by atoms with Gasteiger partial charge in [-0.1, -0.05) is 0 Å². The Balaban J connectivity index is 1.88. The number of amides is 2. The van der Waals surface area contributed by atoms with Gasteiger partial charge in [0.1, 0.15) is 22.8 Å². The van der Waals surface area contributed by atoms with Gasteiger partial charge in [0.25, 0.3) is 6.29 Å². The molecule has 160 valence electrons. The zero-order valence-corrected chi connectivity index (χ0v) is 16.3. The predicted molar refractivity (Wildman–Crippen MR) is 102 cm³/mol. The fourth-order valence-corrected chi connectivity index (χ4v) is 2.98. The highest BCUT2D eigenvalue weighted by atomic mass is 16.7. The van der Waals surface area contributed by atoms with Crippen LogP contribution >= 0.6 is 0 Å². The van der Waals surface area contributed by atoms with E-state index in [1.165, 1.54) is 26.2 Å². The number of aliphatic hydroxyl groups is 1. The molecule has 1 aliphatic rings. The van der Waals surface area contributed by atoms with Crippen LogP contribution in [0.15, 0.2) is 45.0 Å². The van der Waals surface area contributed by atoms with Crippen molar-refractivity contribution in [3.8, 4) is 5.75 Å². The molecule has 3 atom stereocenters. The summed E-state index contributed by atoms with van der Waals surface area (Å²) in [6.45, 7) is 2.82. The maximum atomic E-state index is 12.0. The molecule has 0 saturated carbocycles. The maximum absolute atomic E-state index is 12.0. The average Bonchev–Trinajstić information content (AvgIpc) is 2.66. The molecule has 0 radical (unpaired) electrons. The zero-order valence-electron chi connectivity index (χ0n) is 16.3. The number of anilines is 1. The minimum absolute atomic E-state index is 0.00834. The molecule has 1 aromatic carbocycles. The summed E-state index contributed by atoms with van der Waals surface area (Å²) >= 11 is 0. The lowest BCUT2D eigenvalue weighted by molar-refractivity contribution is -0.174. The molecule has 30 heavy (non-hydrogen) atoms. The number of fused-ring (bicyclic) bond motifs is 1. The summed E-state index contributed by atoms with van der Waals surface area (Å²) in [5, 5.41) is 13.4. The summed E-state index contributed by atoms with van der Waals surface area (Å²) < 4.78 is 26.4. The summed E-state index contributed by atoms with van der Waals surface area (Å²) in [7, 11) is 1.33. The third-order valence-corrected chi connectivity index (χ3v) is 4.22. The lowest BCUT2D eigenvalue weighted by Crippen LogP contribution is -2.49. The second-order valence-electron chi connectivity index (χ2n) is 6.41. The van der Waals surface area contributed by atoms with Gasteiger partial charge in [-0.3, -0.25) is 4.79 Å². The van der Waals surface area contributed by atoms with Gasteiger partial charge in [-0.2, -0.15) is 0 Å². The second kappa shape index (κ2) is 8.33.